The van der Waals surface area contributed by atoms with Gasteiger partial charge in [0.15, 0.2) is 0 Å². The summed E-state index contributed by atoms with van der Waals surface area (Å²) in [5.41, 5.74) is 1.78. The first-order chi connectivity index (χ1) is 15.3. The molecule has 1 aromatic heterocycles. The molecule has 3 aliphatic rings. The number of alkyl halides is 2. The number of fused-ring (bicyclic) bond motifs is 1. The Morgan fingerprint density at radius 2 is 1.97 bits per heavy atom. The van der Waals surface area contributed by atoms with E-state index in [4.69, 9.17) is 11.6 Å². The normalized spacial score (nSPS) is 23.3. The molecule has 32 heavy (non-hydrogen) atoms. The van der Waals surface area contributed by atoms with Crippen molar-refractivity contribution in [1.82, 2.24) is 9.97 Å². The molecule has 6 nitrogen and oxygen atoms in total. The Hall–Kier alpha value is -2.10. The van der Waals surface area contributed by atoms with E-state index in [2.05, 4.69) is 21.4 Å². The molecule has 5 rings (SSSR count). The minimum atomic E-state index is -3.37. The van der Waals surface area contributed by atoms with Gasteiger partial charge in [0.25, 0.3) is 0 Å². The standard InChI is InChI=1S/C22H23ClF2N4O2S/c23-16-4-2-14(3-5-16)15-6-10-29(11-7-15)20-26-17-12-22(24,25)32(31)18(17)19(27-20)28-21(13-30)8-1-9-21/h2-6,30H,1,7-13H2,(H,26,27,28)/t32-/m1/s1. The number of nitrogens with one attached hydrogen (secondary N) is 1. The zero-order chi connectivity index (χ0) is 22.5. The second-order valence-corrected chi connectivity index (χ2v) is 10.6. The van der Waals surface area contributed by atoms with Crippen LogP contribution in [0.3, 0.4) is 0 Å². The second-order valence-electron chi connectivity index (χ2n) is 8.58. The summed E-state index contributed by atoms with van der Waals surface area (Å²) in [4.78, 5) is 10.8. The van der Waals surface area contributed by atoms with Gasteiger partial charge < -0.3 is 15.3 Å². The summed E-state index contributed by atoms with van der Waals surface area (Å²) in [5, 5.41) is 10.3. The van der Waals surface area contributed by atoms with E-state index < -0.39 is 28.0 Å². The van der Waals surface area contributed by atoms with Gasteiger partial charge in [-0.05, 0) is 49.0 Å². The first-order valence-electron chi connectivity index (χ1n) is 10.6. The SMILES string of the molecule is O=[S@@]1c2c(nc(N3CC=C(c4ccc(Cl)cc4)CC3)nc2NC2(CO)CCC2)CC1(F)F. The van der Waals surface area contributed by atoms with Crippen molar-refractivity contribution in [3.8, 4) is 0 Å². The molecule has 1 aliphatic carbocycles. The summed E-state index contributed by atoms with van der Waals surface area (Å²) < 4.78 is 41.0. The topological polar surface area (TPSA) is 78.4 Å². The molecule has 1 saturated carbocycles. The zero-order valence-electron chi connectivity index (χ0n) is 17.3. The van der Waals surface area contributed by atoms with Crippen molar-refractivity contribution in [3.63, 3.8) is 0 Å². The summed E-state index contributed by atoms with van der Waals surface area (Å²) in [6.07, 6.45) is 4.48. The number of hydrogen-bond donors (Lipinski definition) is 2. The van der Waals surface area contributed by atoms with Crippen LogP contribution in [0.25, 0.3) is 5.57 Å². The summed E-state index contributed by atoms with van der Waals surface area (Å²) in [6, 6.07) is 7.65. The highest BCUT2D eigenvalue weighted by molar-refractivity contribution is 7.86. The molecule has 0 amide bonds. The number of hydrogen-bond acceptors (Lipinski definition) is 6. The van der Waals surface area contributed by atoms with Crippen LogP contribution in [0.4, 0.5) is 20.5 Å². The maximum Gasteiger partial charge on any atom is 0.331 e. The summed E-state index contributed by atoms with van der Waals surface area (Å²) in [5.74, 6) is 0.488. The predicted octanol–water partition coefficient (Wildman–Crippen LogP) is 4.01. The Bertz CT molecular complexity index is 1100. The van der Waals surface area contributed by atoms with Gasteiger partial charge in [0.05, 0.1) is 24.3 Å². The average Bonchev–Trinajstić information content (AvgIpc) is 2.99. The molecule has 170 valence electrons. The van der Waals surface area contributed by atoms with E-state index in [0.29, 0.717) is 36.9 Å². The molecular formula is C22H23ClF2N4O2S. The number of nitrogens with zero attached hydrogens (tertiary/aromatic N) is 3. The van der Waals surface area contributed by atoms with Crippen LogP contribution < -0.4 is 10.2 Å². The van der Waals surface area contributed by atoms with Crippen LogP contribution in [0, 0.1) is 0 Å². The van der Waals surface area contributed by atoms with Crippen LogP contribution >= 0.6 is 11.6 Å². The number of rotatable bonds is 5. The third-order valence-corrected chi connectivity index (χ3v) is 8.20. The number of anilines is 2. The molecule has 0 bridgehead atoms. The van der Waals surface area contributed by atoms with E-state index in [-0.39, 0.29) is 23.0 Å². The fraction of sp³-hybridized carbons (Fsp3) is 0.455. The lowest BCUT2D eigenvalue weighted by Crippen LogP contribution is -2.49. The minimum Gasteiger partial charge on any atom is -0.394 e. The van der Waals surface area contributed by atoms with Crippen LogP contribution in [0.2, 0.25) is 5.02 Å². The molecule has 0 saturated heterocycles. The van der Waals surface area contributed by atoms with Gasteiger partial charge in [-0.2, -0.15) is 13.8 Å². The fourth-order valence-corrected chi connectivity index (χ4v) is 5.69. The lowest BCUT2D eigenvalue weighted by atomic mass is 9.77. The largest absolute Gasteiger partial charge is 0.394 e. The smallest absolute Gasteiger partial charge is 0.331 e. The van der Waals surface area contributed by atoms with Crippen LogP contribution in [0.1, 0.15) is 36.9 Å². The van der Waals surface area contributed by atoms with Crippen molar-refractivity contribution in [2.24, 2.45) is 0 Å². The molecule has 10 heteroatoms. The summed E-state index contributed by atoms with van der Waals surface area (Å²) in [6.45, 7) is 1.01. The highest BCUT2D eigenvalue weighted by atomic mass is 35.5. The van der Waals surface area contributed by atoms with E-state index in [1.165, 1.54) is 5.57 Å². The third-order valence-electron chi connectivity index (χ3n) is 6.46. The van der Waals surface area contributed by atoms with Crippen molar-refractivity contribution < 1.29 is 18.1 Å². The maximum absolute atomic E-state index is 14.3. The molecule has 0 unspecified atom stereocenters. The number of aromatic nitrogens is 2. The molecule has 0 radical (unpaired) electrons. The van der Waals surface area contributed by atoms with Gasteiger partial charge in [-0.1, -0.05) is 29.8 Å². The van der Waals surface area contributed by atoms with Gasteiger partial charge in [0.1, 0.15) is 21.5 Å². The monoisotopic (exact) mass is 480 g/mol. The van der Waals surface area contributed by atoms with Crippen molar-refractivity contribution in [2.45, 2.75) is 47.8 Å². The first kappa shape index (κ1) is 21.7. The maximum atomic E-state index is 14.3. The average molecular weight is 481 g/mol. The van der Waals surface area contributed by atoms with E-state index in [0.717, 1.165) is 18.4 Å². The van der Waals surface area contributed by atoms with E-state index in [1.54, 1.807) is 0 Å². The molecule has 3 heterocycles. The molecule has 0 spiro atoms. The quantitative estimate of drug-likeness (QED) is 0.673. The number of benzene rings is 1. The second kappa shape index (κ2) is 8.04. The molecule has 1 aromatic carbocycles. The molecule has 2 N–H and O–H groups in total. The fourth-order valence-electron chi connectivity index (χ4n) is 4.39. The minimum absolute atomic E-state index is 0.0344. The first-order valence-corrected chi connectivity index (χ1v) is 12.1. The predicted molar refractivity (Wildman–Crippen MR) is 121 cm³/mol. The van der Waals surface area contributed by atoms with Gasteiger partial charge in [-0.3, -0.25) is 0 Å². The van der Waals surface area contributed by atoms with Crippen molar-refractivity contribution in [1.29, 1.82) is 0 Å². The van der Waals surface area contributed by atoms with Crippen molar-refractivity contribution in [3.05, 3.63) is 46.6 Å². The molecule has 1 atom stereocenters. The lowest BCUT2D eigenvalue weighted by Gasteiger charge is -2.41. The Balaban J connectivity index is 1.46. The van der Waals surface area contributed by atoms with Gasteiger partial charge in [-0.15, -0.1) is 0 Å². The molecule has 1 fully saturated rings. The summed E-state index contributed by atoms with van der Waals surface area (Å²) in [7, 11) is -2.52. The Labute approximate surface area is 192 Å². The van der Waals surface area contributed by atoms with Gasteiger partial charge in [-0.25, -0.2) is 9.19 Å². The van der Waals surface area contributed by atoms with Crippen molar-refractivity contribution in [2.75, 3.05) is 29.9 Å². The van der Waals surface area contributed by atoms with E-state index in [9.17, 15) is 18.1 Å². The molecule has 2 aliphatic heterocycles. The lowest BCUT2D eigenvalue weighted by molar-refractivity contribution is 0.104. The highest BCUT2D eigenvalue weighted by Gasteiger charge is 2.50. The van der Waals surface area contributed by atoms with E-state index in [1.807, 2.05) is 29.2 Å². The highest BCUT2D eigenvalue weighted by Crippen LogP contribution is 2.44. The number of halogens is 3. The van der Waals surface area contributed by atoms with Crippen molar-refractivity contribution >= 4 is 39.7 Å². The number of aliphatic hydroxyl groups is 1. The van der Waals surface area contributed by atoms with Crippen LogP contribution in [0.5, 0.6) is 0 Å². The van der Waals surface area contributed by atoms with Gasteiger partial charge in [0, 0.05) is 18.1 Å². The van der Waals surface area contributed by atoms with Gasteiger partial charge >= 0.3 is 5.25 Å². The van der Waals surface area contributed by atoms with Crippen LogP contribution in [-0.4, -0.2) is 49.8 Å². The molecule has 2 aromatic rings. The van der Waals surface area contributed by atoms with Crippen LogP contribution in [0.15, 0.2) is 35.2 Å². The third kappa shape index (κ3) is 3.80. The van der Waals surface area contributed by atoms with Crippen LogP contribution in [-0.2, 0) is 17.2 Å². The Morgan fingerprint density at radius 1 is 1.22 bits per heavy atom. The molecular weight excluding hydrogens is 458 g/mol. The van der Waals surface area contributed by atoms with E-state index >= 15 is 0 Å². The number of aliphatic hydroxyl groups excluding tert-OH is 1. The Morgan fingerprint density at radius 3 is 2.56 bits per heavy atom. The van der Waals surface area contributed by atoms with Gasteiger partial charge in [0.2, 0.25) is 5.95 Å². The Kier molecular flexibility index (Phi) is 5.46. The zero-order valence-corrected chi connectivity index (χ0v) is 18.9. The summed E-state index contributed by atoms with van der Waals surface area (Å²) >= 11 is 5.98.